The summed E-state index contributed by atoms with van der Waals surface area (Å²) in [6.45, 7) is 6.71. The number of morpholine rings is 1. The summed E-state index contributed by atoms with van der Waals surface area (Å²) in [6.07, 6.45) is 3.98. The molecule has 4 aliphatic heterocycles. The molecule has 7 rings (SSSR count). The first kappa shape index (κ1) is 32.5. The molecule has 1 aromatic heterocycles. The number of benzene rings is 2. The van der Waals surface area contributed by atoms with Crippen molar-refractivity contribution in [3.63, 3.8) is 0 Å². The largest absolute Gasteiger partial charge is 0.497 e. The van der Waals surface area contributed by atoms with Crippen molar-refractivity contribution in [2.24, 2.45) is 0 Å². The highest BCUT2D eigenvalue weighted by molar-refractivity contribution is 6.00. The molecule has 48 heavy (non-hydrogen) atoms. The maximum absolute atomic E-state index is 14.1. The minimum absolute atomic E-state index is 0.0465. The molecule has 1 N–H and O–H groups in total. The number of rotatable bonds is 6. The van der Waals surface area contributed by atoms with Gasteiger partial charge in [-0.15, -0.1) is 5.10 Å². The Hall–Kier alpha value is -4.04. The average molecular weight is 660 g/mol. The fourth-order valence-corrected chi connectivity index (χ4v) is 7.21. The van der Waals surface area contributed by atoms with Gasteiger partial charge in [0.2, 0.25) is 5.91 Å². The maximum Gasteiger partial charge on any atom is 0.258 e. The Balaban J connectivity index is 1.11. The van der Waals surface area contributed by atoms with Gasteiger partial charge in [-0.2, -0.15) is 0 Å². The minimum atomic E-state index is -0.697. The first-order chi connectivity index (χ1) is 23.5. The van der Waals surface area contributed by atoms with Gasteiger partial charge < -0.3 is 29.2 Å². The van der Waals surface area contributed by atoms with Gasteiger partial charge in [0.25, 0.3) is 5.91 Å². The van der Waals surface area contributed by atoms with Gasteiger partial charge in [0, 0.05) is 58.8 Å². The van der Waals surface area contributed by atoms with Gasteiger partial charge in [-0.25, -0.2) is 4.68 Å². The molecule has 13 heteroatoms. The summed E-state index contributed by atoms with van der Waals surface area (Å²) >= 11 is 0. The van der Waals surface area contributed by atoms with Gasteiger partial charge in [-0.3, -0.25) is 19.4 Å². The van der Waals surface area contributed by atoms with Gasteiger partial charge in [-0.05, 0) is 42.7 Å². The third-order valence-corrected chi connectivity index (χ3v) is 9.83. The second-order valence-electron chi connectivity index (χ2n) is 13.0. The van der Waals surface area contributed by atoms with E-state index < -0.39 is 6.04 Å². The topological polar surface area (TPSA) is 124 Å². The van der Waals surface area contributed by atoms with Crippen molar-refractivity contribution in [1.29, 1.82) is 0 Å². The lowest BCUT2D eigenvalue weighted by atomic mass is 9.96. The number of aromatic nitrogens is 3. The highest BCUT2D eigenvalue weighted by Gasteiger charge is 2.39. The fraction of sp³-hybridized carbons (Fsp3) is 0.543. The van der Waals surface area contributed by atoms with E-state index in [1.807, 2.05) is 47.3 Å². The lowest BCUT2D eigenvalue weighted by Crippen LogP contribution is -2.61. The lowest BCUT2D eigenvalue weighted by molar-refractivity contribution is -0.130. The molecular formula is C35H45N7O6. The standard InChI is InChI=1S/C35H45N7O6/c1-45-28-6-4-5-25(19-28)21-40-12-13-41-31(24-40)34(43)36-20-33-30(42-23-26(37-38-42)22-39-14-17-46-18-15-39)10-9-27(48-33)11-16-47-32-8-3-2-7-29(32)35(41)44/h2-8,19,23,27,30-31,33H,9-18,20-22,24H2,1H3,(H,36,43)/t27-,30+,31-,33+/m0/s1. The van der Waals surface area contributed by atoms with Crippen LogP contribution >= 0.6 is 0 Å². The van der Waals surface area contributed by atoms with Crippen molar-refractivity contribution in [3.05, 3.63) is 71.5 Å². The van der Waals surface area contributed by atoms with E-state index in [0.717, 1.165) is 62.7 Å². The average Bonchev–Trinajstić information content (AvgIpc) is 3.58. The number of nitrogens with one attached hydrogen (secondary N) is 1. The first-order valence-electron chi connectivity index (χ1n) is 17.1. The number of fused-ring (bicyclic) bond motifs is 4. The highest BCUT2D eigenvalue weighted by Crippen LogP contribution is 2.31. The van der Waals surface area contributed by atoms with Crippen LogP contribution in [0.25, 0.3) is 0 Å². The van der Waals surface area contributed by atoms with Crippen molar-refractivity contribution >= 4 is 11.8 Å². The second kappa shape index (κ2) is 15.0. The highest BCUT2D eigenvalue weighted by atomic mass is 16.5. The summed E-state index contributed by atoms with van der Waals surface area (Å²) in [6, 6.07) is 14.5. The molecule has 0 radical (unpaired) electrons. The Morgan fingerprint density at radius 1 is 0.938 bits per heavy atom. The molecule has 13 nitrogen and oxygen atoms in total. The molecule has 256 valence electrons. The van der Waals surface area contributed by atoms with E-state index >= 15 is 0 Å². The van der Waals surface area contributed by atoms with Crippen molar-refractivity contribution in [1.82, 2.24) is 35.0 Å². The SMILES string of the molecule is COc1cccc(CN2CCN3C(=O)c4ccccc4OCC[C@@H]4CC[C@@H](n5cc(CN6CCOCC6)nn5)[C@@H](CNC(=O)[C@@H]3C2)O4)c1. The van der Waals surface area contributed by atoms with Gasteiger partial charge in [0.05, 0.1) is 62.6 Å². The van der Waals surface area contributed by atoms with Crippen LogP contribution in [0.2, 0.25) is 0 Å². The van der Waals surface area contributed by atoms with Crippen LogP contribution in [0.15, 0.2) is 54.7 Å². The van der Waals surface area contributed by atoms with E-state index in [9.17, 15) is 9.59 Å². The molecule has 0 aliphatic carbocycles. The third-order valence-electron chi connectivity index (χ3n) is 9.83. The van der Waals surface area contributed by atoms with Gasteiger partial charge in [-0.1, -0.05) is 29.5 Å². The molecule has 5 heterocycles. The number of nitrogens with zero attached hydrogens (tertiary/aromatic N) is 6. The maximum atomic E-state index is 14.1. The molecule has 2 amide bonds. The molecule has 4 aliphatic rings. The van der Waals surface area contributed by atoms with Crippen LogP contribution in [-0.2, 0) is 27.4 Å². The predicted molar refractivity (Wildman–Crippen MR) is 176 cm³/mol. The number of hydrogen-bond donors (Lipinski definition) is 1. The number of para-hydroxylation sites is 1. The summed E-state index contributed by atoms with van der Waals surface area (Å²) < 4.78 is 25.7. The zero-order valence-corrected chi connectivity index (χ0v) is 27.5. The zero-order chi connectivity index (χ0) is 32.9. The van der Waals surface area contributed by atoms with E-state index in [1.165, 1.54) is 0 Å². The number of hydrogen-bond acceptors (Lipinski definition) is 10. The summed E-state index contributed by atoms with van der Waals surface area (Å²) in [5, 5.41) is 12.2. The molecule has 4 atom stereocenters. The molecule has 2 bridgehead atoms. The summed E-state index contributed by atoms with van der Waals surface area (Å²) in [7, 11) is 1.65. The molecule has 2 aromatic carbocycles. The Morgan fingerprint density at radius 2 is 1.81 bits per heavy atom. The first-order valence-corrected chi connectivity index (χ1v) is 17.1. The molecule has 0 unspecified atom stereocenters. The van der Waals surface area contributed by atoms with E-state index in [2.05, 4.69) is 31.5 Å². The lowest BCUT2D eigenvalue weighted by Gasteiger charge is -2.41. The molecule has 3 saturated heterocycles. The van der Waals surface area contributed by atoms with E-state index in [-0.39, 0.29) is 30.1 Å². The quantitative estimate of drug-likeness (QED) is 0.421. The molecule has 3 aromatic rings. The monoisotopic (exact) mass is 659 g/mol. The number of piperazine rings is 1. The third kappa shape index (κ3) is 7.49. The van der Waals surface area contributed by atoms with Crippen LogP contribution < -0.4 is 14.8 Å². The Morgan fingerprint density at radius 3 is 2.69 bits per heavy atom. The summed E-state index contributed by atoms with van der Waals surface area (Å²) in [4.78, 5) is 34.4. The number of carbonyl (C=O) groups is 2. The summed E-state index contributed by atoms with van der Waals surface area (Å²) in [5.41, 5.74) is 2.46. The number of carbonyl (C=O) groups excluding carboxylic acids is 2. The van der Waals surface area contributed by atoms with Crippen molar-refractivity contribution in [3.8, 4) is 11.5 Å². The normalized spacial score (nSPS) is 26.1. The second-order valence-corrected chi connectivity index (χ2v) is 13.0. The fourth-order valence-electron chi connectivity index (χ4n) is 7.21. The number of methoxy groups -OCH3 is 1. The van der Waals surface area contributed by atoms with E-state index in [0.29, 0.717) is 57.1 Å². The molecule has 3 fully saturated rings. The Kier molecular flexibility index (Phi) is 10.2. The van der Waals surface area contributed by atoms with Crippen LogP contribution in [-0.4, -0.2) is 126 Å². The molecular weight excluding hydrogens is 614 g/mol. The molecule has 0 saturated carbocycles. The van der Waals surface area contributed by atoms with Crippen LogP contribution in [0.1, 0.15) is 46.9 Å². The van der Waals surface area contributed by atoms with Gasteiger partial charge in [0.1, 0.15) is 17.5 Å². The van der Waals surface area contributed by atoms with Crippen molar-refractivity contribution in [2.75, 3.05) is 66.2 Å². The van der Waals surface area contributed by atoms with Gasteiger partial charge >= 0.3 is 0 Å². The van der Waals surface area contributed by atoms with Crippen LogP contribution in [0.5, 0.6) is 11.5 Å². The molecule has 0 spiro atoms. The van der Waals surface area contributed by atoms with Crippen LogP contribution in [0, 0.1) is 0 Å². The predicted octanol–water partition coefficient (Wildman–Crippen LogP) is 2.13. The van der Waals surface area contributed by atoms with Crippen molar-refractivity contribution < 1.29 is 28.5 Å². The van der Waals surface area contributed by atoms with E-state index in [4.69, 9.17) is 18.9 Å². The van der Waals surface area contributed by atoms with E-state index in [1.54, 1.807) is 18.1 Å². The van der Waals surface area contributed by atoms with Crippen molar-refractivity contribution in [2.45, 2.75) is 56.6 Å². The Labute approximate surface area is 281 Å². The smallest absolute Gasteiger partial charge is 0.258 e. The minimum Gasteiger partial charge on any atom is -0.497 e. The number of amides is 2. The summed E-state index contributed by atoms with van der Waals surface area (Å²) in [5.74, 6) is 0.909. The van der Waals surface area contributed by atoms with Crippen LogP contribution in [0.3, 0.4) is 0 Å². The number of ether oxygens (including phenoxy) is 4. The van der Waals surface area contributed by atoms with Gasteiger partial charge in [0.15, 0.2) is 0 Å². The van der Waals surface area contributed by atoms with Crippen LogP contribution in [0.4, 0.5) is 0 Å². The Bertz CT molecular complexity index is 1560. The zero-order valence-electron chi connectivity index (χ0n) is 27.5.